The van der Waals surface area contributed by atoms with E-state index in [2.05, 4.69) is 45.9 Å². The Morgan fingerprint density at radius 2 is 2.21 bits per heavy atom. The number of anilines is 2. The normalized spacial score (nSPS) is 21.7. The Balaban J connectivity index is 1.97. The first-order valence-corrected chi connectivity index (χ1v) is 7.68. The monoisotopic (exact) mass is 276 g/mol. The van der Waals surface area contributed by atoms with Crippen molar-refractivity contribution in [3.8, 4) is 0 Å². The van der Waals surface area contributed by atoms with Crippen LogP contribution in [-0.2, 0) is 0 Å². The lowest BCUT2D eigenvalue weighted by atomic mass is 9.87. The highest BCUT2D eigenvalue weighted by molar-refractivity contribution is 7.16. The Labute approximate surface area is 117 Å². The zero-order valence-corrected chi connectivity index (χ0v) is 12.5. The minimum atomic E-state index is 0.340. The van der Waals surface area contributed by atoms with Crippen molar-refractivity contribution in [3.05, 3.63) is 11.4 Å². The Hall–Kier alpha value is -1.36. The third kappa shape index (κ3) is 2.27. The molecule has 2 aromatic heterocycles. The van der Waals surface area contributed by atoms with Gasteiger partial charge in [0.25, 0.3) is 0 Å². The lowest BCUT2D eigenvalue weighted by Crippen LogP contribution is -2.31. The van der Waals surface area contributed by atoms with E-state index in [-0.39, 0.29) is 0 Å². The van der Waals surface area contributed by atoms with E-state index in [1.54, 1.807) is 11.3 Å². The average molecular weight is 276 g/mol. The van der Waals surface area contributed by atoms with Crippen LogP contribution >= 0.6 is 11.3 Å². The van der Waals surface area contributed by atoms with E-state index in [9.17, 15) is 0 Å². The Morgan fingerprint density at radius 3 is 2.89 bits per heavy atom. The molecule has 1 fully saturated rings. The van der Waals surface area contributed by atoms with Gasteiger partial charge in [-0.2, -0.15) is 4.98 Å². The number of aromatic nitrogens is 2. The molecule has 0 spiro atoms. The summed E-state index contributed by atoms with van der Waals surface area (Å²) in [5.74, 6) is 1.66. The first-order valence-electron chi connectivity index (χ1n) is 6.80. The first kappa shape index (κ1) is 12.7. The largest absolute Gasteiger partial charge is 0.366 e. The third-order valence-corrected chi connectivity index (χ3v) is 4.92. The maximum absolute atomic E-state index is 4.59. The van der Waals surface area contributed by atoms with Crippen LogP contribution in [-0.4, -0.2) is 23.1 Å². The minimum absolute atomic E-state index is 0.340. The molecular formula is C14H20N4S. The van der Waals surface area contributed by atoms with Crippen LogP contribution in [0.2, 0.25) is 0 Å². The predicted molar refractivity (Wildman–Crippen MR) is 82.0 cm³/mol. The van der Waals surface area contributed by atoms with Crippen molar-refractivity contribution in [1.29, 1.82) is 0 Å². The van der Waals surface area contributed by atoms with Crippen LogP contribution in [0.5, 0.6) is 0 Å². The van der Waals surface area contributed by atoms with Gasteiger partial charge < -0.3 is 10.6 Å². The van der Waals surface area contributed by atoms with Crippen LogP contribution in [0.25, 0.3) is 10.2 Å². The summed E-state index contributed by atoms with van der Waals surface area (Å²) in [6.07, 6.45) is 3.79. The molecule has 3 rings (SSSR count). The summed E-state index contributed by atoms with van der Waals surface area (Å²) in [5.41, 5.74) is 0.340. The molecule has 5 heteroatoms. The molecule has 1 saturated carbocycles. The van der Waals surface area contributed by atoms with Gasteiger partial charge in [-0.25, -0.2) is 4.98 Å². The predicted octanol–water partition coefficient (Wildman–Crippen LogP) is 3.72. The fraction of sp³-hybridized carbons (Fsp3) is 0.571. The van der Waals surface area contributed by atoms with E-state index in [0.717, 1.165) is 16.0 Å². The maximum atomic E-state index is 4.59. The van der Waals surface area contributed by atoms with Gasteiger partial charge in [0.15, 0.2) is 0 Å². The molecule has 0 aromatic carbocycles. The van der Waals surface area contributed by atoms with Gasteiger partial charge in [0.05, 0.1) is 5.39 Å². The van der Waals surface area contributed by atoms with Crippen molar-refractivity contribution in [2.45, 2.75) is 39.2 Å². The van der Waals surface area contributed by atoms with Crippen molar-refractivity contribution < 1.29 is 0 Å². The van der Waals surface area contributed by atoms with E-state index in [0.29, 0.717) is 17.4 Å². The molecule has 0 bridgehead atoms. The highest BCUT2D eigenvalue weighted by Gasteiger charge is 2.34. The lowest BCUT2D eigenvalue weighted by Gasteiger charge is -2.28. The van der Waals surface area contributed by atoms with Gasteiger partial charge >= 0.3 is 0 Å². The summed E-state index contributed by atoms with van der Waals surface area (Å²) < 4.78 is 0. The standard InChI is InChI=1S/C14H20N4S/c1-14(2)7-4-5-10(14)16-11-9-6-8-19-12(9)18-13(15-3)17-11/h6,8,10H,4-5,7H2,1-3H3,(H2,15,16,17,18). The number of nitrogens with zero attached hydrogens (tertiary/aromatic N) is 2. The summed E-state index contributed by atoms with van der Waals surface area (Å²) in [7, 11) is 1.86. The molecule has 0 radical (unpaired) electrons. The highest BCUT2D eigenvalue weighted by Crippen LogP contribution is 2.40. The number of thiophene rings is 1. The summed E-state index contributed by atoms with van der Waals surface area (Å²) in [6, 6.07) is 2.60. The molecule has 19 heavy (non-hydrogen) atoms. The number of rotatable bonds is 3. The lowest BCUT2D eigenvalue weighted by molar-refractivity contribution is 0.349. The van der Waals surface area contributed by atoms with E-state index in [4.69, 9.17) is 0 Å². The van der Waals surface area contributed by atoms with E-state index >= 15 is 0 Å². The van der Waals surface area contributed by atoms with Crippen molar-refractivity contribution in [2.75, 3.05) is 17.7 Å². The molecule has 1 unspecified atom stereocenters. The van der Waals surface area contributed by atoms with Crippen molar-refractivity contribution >= 4 is 33.3 Å². The molecule has 102 valence electrons. The first-order chi connectivity index (χ1) is 9.10. The van der Waals surface area contributed by atoms with Crippen molar-refractivity contribution in [1.82, 2.24) is 9.97 Å². The Bertz CT molecular complexity index is 590. The molecule has 0 saturated heterocycles. The molecule has 0 aliphatic heterocycles. The summed E-state index contributed by atoms with van der Waals surface area (Å²) in [6.45, 7) is 4.67. The molecule has 2 aromatic rings. The minimum Gasteiger partial charge on any atom is -0.366 e. The Kier molecular flexibility index (Phi) is 3.09. The quantitative estimate of drug-likeness (QED) is 0.897. The van der Waals surface area contributed by atoms with Crippen LogP contribution in [0.1, 0.15) is 33.1 Å². The average Bonchev–Trinajstić information content (AvgIpc) is 2.96. The topological polar surface area (TPSA) is 49.8 Å². The number of nitrogens with one attached hydrogen (secondary N) is 2. The van der Waals surface area contributed by atoms with Crippen LogP contribution < -0.4 is 10.6 Å². The molecule has 2 N–H and O–H groups in total. The van der Waals surface area contributed by atoms with Gasteiger partial charge in [0.1, 0.15) is 10.6 Å². The smallest absolute Gasteiger partial charge is 0.225 e. The summed E-state index contributed by atoms with van der Waals surface area (Å²) in [5, 5.41) is 9.89. The fourth-order valence-electron chi connectivity index (χ4n) is 2.84. The van der Waals surface area contributed by atoms with Crippen molar-refractivity contribution in [2.24, 2.45) is 5.41 Å². The molecule has 0 amide bonds. The molecule has 2 heterocycles. The zero-order chi connectivity index (χ0) is 13.5. The number of hydrogen-bond acceptors (Lipinski definition) is 5. The van der Waals surface area contributed by atoms with E-state index < -0.39 is 0 Å². The fourth-order valence-corrected chi connectivity index (χ4v) is 3.60. The summed E-state index contributed by atoms with van der Waals surface area (Å²) >= 11 is 1.66. The summed E-state index contributed by atoms with van der Waals surface area (Å²) in [4.78, 5) is 10.1. The number of fused-ring (bicyclic) bond motifs is 1. The molecule has 1 aliphatic carbocycles. The van der Waals surface area contributed by atoms with Gasteiger partial charge in [-0.1, -0.05) is 20.3 Å². The van der Waals surface area contributed by atoms with E-state index in [1.165, 1.54) is 19.3 Å². The Morgan fingerprint density at radius 1 is 1.37 bits per heavy atom. The van der Waals surface area contributed by atoms with Gasteiger partial charge in [0.2, 0.25) is 5.95 Å². The second-order valence-electron chi connectivity index (χ2n) is 5.86. The molecular weight excluding hydrogens is 256 g/mol. The molecule has 4 nitrogen and oxygen atoms in total. The second kappa shape index (κ2) is 4.63. The zero-order valence-electron chi connectivity index (χ0n) is 11.7. The third-order valence-electron chi connectivity index (χ3n) is 4.12. The molecule has 1 aliphatic rings. The van der Waals surface area contributed by atoms with Crippen LogP contribution in [0.15, 0.2) is 11.4 Å². The van der Waals surface area contributed by atoms with Crippen molar-refractivity contribution in [3.63, 3.8) is 0 Å². The van der Waals surface area contributed by atoms with Crippen LogP contribution in [0, 0.1) is 5.41 Å². The second-order valence-corrected chi connectivity index (χ2v) is 6.76. The highest BCUT2D eigenvalue weighted by atomic mass is 32.1. The van der Waals surface area contributed by atoms with Crippen LogP contribution in [0.4, 0.5) is 11.8 Å². The van der Waals surface area contributed by atoms with Gasteiger partial charge in [-0.15, -0.1) is 11.3 Å². The number of hydrogen-bond donors (Lipinski definition) is 2. The molecule has 1 atom stereocenters. The van der Waals surface area contributed by atoms with Gasteiger partial charge in [-0.3, -0.25) is 0 Å². The SMILES string of the molecule is CNc1nc(NC2CCCC2(C)C)c2ccsc2n1. The van der Waals surface area contributed by atoms with Crippen LogP contribution in [0.3, 0.4) is 0 Å². The van der Waals surface area contributed by atoms with Gasteiger partial charge in [0, 0.05) is 13.1 Å². The van der Waals surface area contributed by atoms with E-state index in [1.807, 2.05) is 7.05 Å². The maximum Gasteiger partial charge on any atom is 0.225 e. The van der Waals surface area contributed by atoms with Gasteiger partial charge in [-0.05, 0) is 29.7 Å².